The number of hydrogen-bond donors (Lipinski definition) is 1. The minimum atomic E-state index is -0.141. The molecule has 0 unspecified atom stereocenters. The molecule has 1 aromatic rings. The monoisotopic (exact) mass is 252 g/mol. The lowest BCUT2D eigenvalue weighted by atomic mass is 9.85. The summed E-state index contributed by atoms with van der Waals surface area (Å²) in [6.07, 6.45) is 8.78. The number of hydrogen-bond acceptors (Lipinski definition) is 3. The molecule has 0 aromatic carbocycles. The summed E-state index contributed by atoms with van der Waals surface area (Å²) >= 11 is 1.76. The van der Waals surface area contributed by atoms with Crippen molar-refractivity contribution in [2.75, 3.05) is 0 Å². The van der Waals surface area contributed by atoms with Crippen molar-refractivity contribution in [2.45, 2.75) is 70.3 Å². The molecule has 2 rings (SSSR count). The lowest BCUT2D eigenvalue weighted by molar-refractivity contribution is 0.322. The van der Waals surface area contributed by atoms with Gasteiger partial charge in [0.1, 0.15) is 5.01 Å². The van der Waals surface area contributed by atoms with Crippen molar-refractivity contribution in [3.05, 3.63) is 16.1 Å². The van der Waals surface area contributed by atoms with E-state index in [9.17, 15) is 0 Å². The first-order chi connectivity index (χ1) is 8.12. The second-order valence-corrected chi connectivity index (χ2v) is 6.51. The van der Waals surface area contributed by atoms with Gasteiger partial charge in [0.05, 0.1) is 11.2 Å². The Bertz CT molecular complexity index is 349. The molecular weight excluding hydrogens is 228 g/mol. The summed E-state index contributed by atoms with van der Waals surface area (Å²) in [5, 5.41) is 3.36. The van der Waals surface area contributed by atoms with E-state index in [-0.39, 0.29) is 5.54 Å². The fourth-order valence-electron chi connectivity index (χ4n) is 2.53. The first-order valence-electron chi connectivity index (χ1n) is 6.86. The van der Waals surface area contributed by atoms with Gasteiger partial charge in [0.2, 0.25) is 0 Å². The van der Waals surface area contributed by atoms with Gasteiger partial charge in [0, 0.05) is 5.38 Å². The van der Waals surface area contributed by atoms with Crippen molar-refractivity contribution in [3.63, 3.8) is 0 Å². The average molecular weight is 252 g/mol. The number of nitrogens with two attached hydrogens (primary N) is 1. The number of nitrogens with zero attached hydrogens (tertiary/aromatic N) is 1. The highest BCUT2D eigenvalue weighted by molar-refractivity contribution is 7.09. The molecule has 0 amide bonds. The molecule has 0 aliphatic heterocycles. The molecule has 1 heterocycles. The van der Waals surface area contributed by atoms with Gasteiger partial charge >= 0.3 is 0 Å². The molecule has 0 bridgehead atoms. The lowest BCUT2D eigenvalue weighted by Crippen LogP contribution is -2.37. The van der Waals surface area contributed by atoms with Crippen LogP contribution in [0.5, 0.6) is 0 Å². The van der Waals surface area contributed by atoms with Crippen molar-refractivity contribution < 1.29 is 0 Å². The zero-order chi connectivity index (χ0) is 12.3. The van der Waals surface area contributed by atoms with Crippen molar-refractivity contribution in [1.29, 1.82) is 0 Å². The van der Waals surface area contributed by atoms with Gasteiger partial charge in [-0.25, -0.2) is 4.98 Å². The number of aromatic nitrogens is 1. The number of thiazole rings is 1. The zero-order valence-electron chi connectivity index (χ0n) is 11.0. The van der Waals surface area contributed by atoms with Crippen LogP contribution in [0.4, 0.5) is 0 Å². The fourth-order valence-corrected chi connectivity index (χ4v) is 3.68. The molecule has 0 radical (unpaired) electrons. The van der Waals surface area contributed by atoms with E-state index in [1.165, 1.54) is 42.8 Å². The van der Waals surface area contributed by atoms with Crippen LogP contribution in [0.15, 0.2) is 5.38 Å². The van der Waals surface area contributed by atoms with E-state index < -0.39 is 0 Å². The SMILES string of the molecule is CC(C)c1csc(C2(N)CCCCCCC2)n1. The summed E-state index contributed by atoms with van der Waals surface area (Å²) in [6, 6.07) is 0. The maximum absolute atomic E-state index is 6.61. The van der Waals surface area contributed by atoms with Gasteiger partial charge in [0.25, 0.3) is 0 Å². The quantitative estimate of drug-likeness (QED) is 0.858. The molecule has 96 valence electrons. The van der Waals surface area contributed by atoms with Crippen LogP contribution in [0.1, 0.15) is 75.4 Å². The molecule has 0 saturated heterocycles. The first kappa shape index (κ1) is 13.0. The second-order valence-electron chi connectivity index (χ2n) is 5.66. The first-order valence-corrected chi connectivity index (χ1v) is 7.74. The van der Waals surface area contributed by atoms with Crippen LogP contribution in [0.25, 0.3) is 0 Å². The average Bonchev–Trinajstić information content (AvgIpc) is 2.73. The third kappa shape index (κ3) is 3.08. The van der Waals surface area contributed by atoms with E-state index in [1.807, 2.05) is 0 Å². The molecule has 0 atom stereocenters. The summed E-state index contributed by atoms with van der Waals surface area (Å²) in [6.45, 7) is 4.39. The van der Waals surface area contributed by atoms with Gasteiger partial charge in [-0.3, -0.25) is 0 Å². The maximum Gasteiger partial charge on any atom is 0.113 e. The van der Waals surface area contributed by atoms with Crippen molar-refractivity contribution >= 4 is 11.3 Å². The Hall–Kier alpha value is -0.410. The summed E-state index contributed by atoms with van der Waals surface area (Å²) in [7, 11) is 0. The topological polar surface area (TPSA) is 38.9 Å². The van der Waals surface area contributed by atoms with Crippen LogP contribution >= 0.6 is 11.3 Å². The maximum atomic E-state index is 6.61. The van der Waals surface area contributed by atoms with Crippen LogP contribution in [0.3, 0.4) is 0 Å². The van der Waals surface area contributed by atoms with Gasteiger partial charge in [-0.05, 0) is 18.8 Å². The van der Waals surface area contributed by atoms with E-state index in [0.29, 0.717) is 5.92 Å². The largest absolute Gasteiger partial charge is 0.319 e. The molecule has 3 heteroatoms. The Balaban J connectivity index is 2.15. The van der Waals surface area contributed by atoms with Gasteiger partial charge in [-0.2, -0.15) is 0 Å². The normalized spacial score (nSPS) is 21.2. The highest BCUT2D eigenvalue weighted by Gasteiger charge is 2.30. The Labute approximate surface area is 109 Å². The molecule has 2 nitrogen and oxygen atoms in total. The van der Waals surface area contributed by atoms with Crippen molar-refractivity contribution in [3.8, 4) is 0 Å². The van der Waals surface area contributed by atoms with E-state index in [2.05, 4.69) is 19.2 Å². The van der Waals surface area contributed by atoms with E-state index in [1.54, 1.807) is 11.3 Å². The molecular formula is C14H24N2S. The van der Waals surface area contributed by atoms with Crippen molar-refractivity contribution in [2.24, 2.45) is 5.73 Å². The Morgan fingerprint density at radius 1 is 1.18 bits per heavy atom. The third-order valence-electron chi connectivity index (χ3n) is 3.79. The molecule has 1 aliphatic rings. The fraction of sp³-hybridized carbons (Fsp3) is 0.786. The van der Waals surface area contributed by atoms with Gasteiger partial charge in [0.15, 0.2) is 0 Å². The van der Waals surface area contributed by atoms with Crippen molar-refractivity contribution in [1.82, 2.24) is 4.98 Å². The lowest BCUT2D eigenvalue weighted by Gasteiger charge is -2.29. The molecule has 1 saturated carbocycles. The number of rotatable bonds is 2. The smallest absolute Gasteiger partial charge is 0.113 e. The molecule has 17 heavy (non-hydrogen) atoms. The van der Waals surface area contributed by atoms with E-state index >= 15 is 0 Å². The van der Waals surface area contributed by atoms with Crippen LogP contribution in [-0.2, 0) is 5.54 Å². The summed E-state index contributed by atoms with van der Waals surface area (Å²) < 4.78 is 0. The molecule has 1 fully saturated rings. The molecule has 1 aromatic heterocycles. The third-order valence-corrected chi connectivity index (χ3v) is 4.87. The van der Waals surface area contributed by atoms with Crippen LogP contribution in [0, 0.1) is 0 Å². The van der Waals surface area contributed by atoms with Crippen LogP contribution in [-0.4, -0.2) is 4.98 Å². The summed E-state index contributed by atoms with van der Waals surface area (Å²) in [5.41, 5.74) is 7.68. The minimum Gasteiger partial charge on any atom is -0.319 e. The minimum absolute atomic E-state index is 0.141. The molecule has 0 spiro atoms. The van der Waals surface area contributed by atoms with Gasteiger partial charge in [-0.1, -0.05) is 46.0 Å². The van der Waals surface area contributed by atoms with E-state index in [0.717, 1.165) is 12.8 Å². The highest BCUT2D eigenvalue weighted by atomic mass is 32.1. The molecule has 1 aliphatic carbocycles. The van der Waals surface area contributed by atoms with Gasteiger partial charge in [-0.15, -0.1) is 11.3 Å². The Morgan fingerprint density at radius 2 is 1.76 bits per heavy atom. The summed E-state index contributed by atoms with van der Waals surface area (Å²) in [4.78, 5) is 4.77. The van der Waals surface area contributed by atoms with E-state index in [4.69, 9.17) is 10.7 Å². The standard InChI is InChI=1S/C14H24N2S/c1-11(2)12-10-17-13(16-12)14(15)8-6-4-3-5-7-9-14/h10-11H,3-9,15H2,1-2H3. The predicted molar refractivity (Wildman–Crippen MR) is 74.4 cm³/mol. The second kappa shape index (κ2) is 5.49. The Kier molecular flexibility index (Phi) is 4.21. The van der Waals surface area contributed by atoms with Crippen LogP contribution in [0.2, 0.25) is 0 Å². The van der Waals surface area contributed by atoms with Crippen LogP contribution < -0.4 is 5.73 Å². The Morgan fingerprint density at radius 3 is 2.29 bits per heavy atom. The highest BCUT2D eigenvalue weighted by Crippen LogP contribution is 2.35. The zero-order valence-corrected chi connectivity index (χ0v) is 11.9. The molecule has 2 N–H and O–H groups in total. The summed E-state index contributed by atoms with van der Waals surface area (Å²) in [5.74, 6) is 0.511. The van der Waals surface area contributed by atoms with Gasteiger partial charge < -0.3 is 5.73 Å². The predicted octanol–water partition coefficient (Wildman–Crippen LogP) is 4.16.